The van der Waals surface area contributed by atoms with Crippen molar-refractivity contribution in [3.05, 3.63) is 83.9 Å². The molecule has 0 bridgehead atoms. The van der Waals surface area contributed by atoms with Crippen LogP contribution in [0, 0.1) is 5.92 Å². The molecule has 0 fully saturated rings. The largest absolute Gasteiger partial charge is 0.289 e. The van der Waals surface area contributed by atoms with Crippen molar-refractivity contribution in [2.45, 2.75) is 39.9 Å². The molecular weight excluding hydrogens is 266 g/mol. The van der Waals surface area contributed by atoms with E-state index in [2.05, 4.69) is 98.5 Å². The smallest absolute Gasteiger partial charge is 0.0257 e. The fourth-order valence-corrected chi connectivity index (χ4v) is 2.48. The van der Waals surface area contributed by atoms with Gasteiger partial charge in [0, 0.05) is 19.1 Å². The fraction of sp³-hybridized carbons (Fsp3) is 0.333. The van der Waals surface area contributed by atoms with Crippen molar-refractivity contribution in [1.82, 2.24) is 4.90 Å². The van der Waals surface area contributed by atoms with E-state index in [1.54, 1.807) is 0 Å². The maximum absolute atomic E-state index is 2.52. The van der Waals surface area contributed by atoms with Crippen LogP contribution in [-0.2, 0) is 13.1 Å². The van der Waals surface area contributed by atoms with Crippen molar-refractivity contribution >= 4 is 0 Å². The highest BCUT2D eigenvalue weighted by Crippen LogP contribution is 2.14. The van der Waals surface area contributed by atoms with E-state index < -0.39 is 0 Å². The second-order valence-corrected chi connectivity index (χ2v) is 6.25. The van der Waals surface area contributed by atoms with Gasteiger partial charge in [0.1, 0.15) is 0 Å². The standard InChI is InChI=1S/C21H27N/c1-18(2)14-15-19(3)22(16-20-10-6-4-7-11-20)17-21-12-8-5-9-13-21/h4-15,18-19H,16-17H2,1-3H3/b15-14+/t19-/m0/s1. The van der Waals surface area contributed by atoms with Crippen molar-refractivity contribution in [1.29, 1.82) is 0 Å². The molecule has 0 radical (unpaired) electrons. The van der Waals surface area contributed by atoms with Gasteiger partial charge >= 0.3 is 0 Å². The summed E-state index contributed by atoms with van der Waals surface area (Å²) in [5.41, 5.74) is 2.73. The third-order valence-electron chi connectivity index (χ3n) is 3.81. The maximum atomic E-state index is 2.52. The molecule has 0 aliphatic heterocycles. The third-order valence-corrected chi connectivity index (χ3v) is 3.81. The quantitative estimate of drug-likeness (QED) is 0.627. The number of hydrogen-bond donors (Lipinski definition) is 0. The van der Waals surface area contributed by atoms with E-state index >= 15 is 0 Å². The molecule has 1 nitrogen and oxygen atoms in total. The predicted octanol–water partition coefficient (Wildman–Crippen LogP) is 5.29. The minimum atomic E-state index is 0.419. The number of benzene rings is 2. The molecule has 0 aliphatic rings. The van der Waals surface area contributed by atoms with Gasteiger partial charge in [-0.3, -0.25) is 4.90 Å². The second-order valence-electron chi connectivity index (χ2n) is 6.25. The Morgan fingerprint density at radius 2 is 1.18 bits per heavy atom. The summed E-state index contributed by atoms with van der Waals surface area (Å²) in [6.07, 6.45) is 4.63. The van der Waals surface area contributed by atoms with Crippen LogP contribution in [0.2, 0.25) is 0 Å². The molecule has 0 saturated carbocycles. The lowest BCUT2D eigenvalue weighted by Gasteiger charge is -2.27. The van der Waals surface area contributed by atoms with E-state index in [9.17, 15) is 0 Å². The Hall–Kier alpha value is -1.86. The normalized spacial score (nSPS) is 13.1. The molecule has 0 unspecified atom stereocenters. The highest BCUT2D eigenvalue weighted by Gasteiger charge is 2.12. The Morgan fingerprint density at radius 3 is 1.59 bits per heavy atom. The average molecular weight is 293 g/mol. The molecule has 0 N–H and O–H groups in total. The van der Waals surface area contributed by atoms with Crippen molar-refractivity contribution in [3.8, 4) is 0 Å². The average Bonchev–Trinajstić information content (AvgIpc) is 2.54. The first-order chi connectivity index (χ1) is 10.6. The molecule has 0 amide bonds. The van der Waals surface area contributed by atoms with E-state index in [4.69, 9.17) is 0 Å². The van der Waals surface area contributed by atoms with Gasteiger partial charge in [0.25, 0.3) is 0 Å². The van der Waals surface area contributed by atoms with Gasteiger partial charge in [-0.05, 0) is 24.0 Å². The minimum Gasteiger partial charge on any atom is -0.289 e. The Labute approximate surface area is 135 Å². The number of hydrogen-bond acceptors (Lipinski definition) is 1. The predicted molar refractivity (Wildman–Crippen MR) is 95.6 cm³/mol. The maximum Gasteiger partial charge on any atom is 0.0257 e. The Morgan fingerprint density at radius 1 is 0.727 bits per heavy atom. The number of rotatable bonds is 7. The summed E-state index contributed by atoms with van der Waals surface area (Å²) in [4.78, 5) is 2.52. The molecule has 2 aromatic carbocycles. The van der Waals surface area contributed by atoms with Crippen LogP contribution < -0.4 is 0 Å². The molecule has 0 heterocycles. The SMILES string of the molecule is CC(C)/C=C/[C@H](C)N(Cc1ccccc1)Cc1ccccc1. The summed E-state index contributed by atoms with van der Waals surface area (Å²) < 4.78 is 0. The van der Waals surface area contributed by atoms with Crippen LogP contribution in [0.1, 0.15) is 31.9 Å². The molecular formula is C21H27N. The van der Waals surface area contributed by atoms with Crippen LogP contribution in [0.5, 0.6) is 0 Å². The van der Waals surface area contributed by atoms with Crippen molar-refractivity contribution in [2.75, 3.05) is 0 Å². The Kier molecular flexibility index (Phi) is 6.42. The topological polar surface area (TPSA) is 3.24 Å². The van der Waals surface area contributed by atoms with Gasteiger partial charge in [0.15, 0.2) is 0 Å². The summed E-state index contributed by atoms with van der Waals surface area (Å²) >= 11 is 0. The van der Waals surface area contributed by atoms with Gasteiger partial charge in [-0.25, -0.2) is 0 Å². The zero-order valence-corrected chi connectivity index (χ0v) is 13.9. The van der Waals surface area contributed by atoms with Gasteiger partial charge in [0.05, 0.1) is 0 Å². The summed E-state index contributed by atoms with van der Waals surface area (Å²) in [6.45, 7) is 8.67. The lowest BCUT2D eigenvalue weighted by molar-refractivity contribution is 0.222. The lowest BCUT2D eigenvalue weighted by atomic mass is 10.1. The van der Waals surface area contributed by atoms with Gasteiger partial charge in [0.2, 0.25) is 0 Å². The molecule has 1 atom stereocenters. The summed E-state index contributed by atoms with van der Waals surface area (Å²) in [7, 11) is 0. The van der Waals surface area contributed by atoms with Gasteiger partial charge in [-0.1, -0.05) is 86.7 Å². The van der Waals surface area contributed by atoms with Gasteiger partial charge in [-0.15, -0.1) is 0 Å². The first-order valence-electron chi connectivity index (χ1n) is 8.15. The Bertz CT molecular complexity index is 515. The van der Waals surface area contributed by atoms with Crippen molar-refractivity contribution < 1.29 is 0 Å². The van der Waals surface area contributed by atoms with Gasteiger partial charge < -0.3 is 0 Å². The van der Waals surface area contributed by atoms with E-state index in [1.165, 1.54) is 11.1 Å². The zero-order chi connectivity index (χ0) is 15.8. The second kappa shape index (κ2) is 8.55. The molecule has 2 aromatic rings. The fourth-order valence-electron chi connectivity index (χ4n) is 2.48. The lowest BCUT2D eigenvalue weighted by Crippen LogP contribution is -2.30. The van der Waals surface area contributed by atoms with Crippen LogP contribution in [0.15, 0.2) is 72.8 Å². The van der Waals surface area contributed by atoms with Gasteiger partial charge in [-0.2, -0.15) is 0 Å². The summed E-state index contributed by atoms with van der Waals surface area (Å²) in [6, 6.07) is 21.9. The van der Waals surface area contributed by atoms with E-state index in [0.717, 1.165) is 13.1 Å². The van der Waals surface area contributed by atoms with Crippen LogP contribution in [0.3, 0.4) is 0 Å². The first-order valence-corrected chi connectivity index (χ1v) is 8.15. The minimum absolute atomic E-state index is 0.419. The van der Waals surface area contributed by atoms with E-state index in [1.807, 2.05) is 0 Å². The molecule has 0 saturated heterocycles. The number of allylic oxidation sites excluding steroid dienone is 1. The van der Waals surface area contributed by atoms with Crippen LogP contribution >= 0.6 is 0 Å². The number of nitrogens with zero attached hydrogens (tertiary/aromatic N) is 1. The monoisotopic (exact) mass is 293 g/mol. The highest BCUT2D eigenvalue weighted by molar-refractivity contribution is 5.18. The van der Waals surface area contributed by atoms with Crippen LogP contribution in [0.4, 0.5) is 0 Å². The molecule has 116 valence electrons. The summed E-state index contributed by atoms with van der Waals surface area (Å²) in [5, 5.41) is 0. The van der Waals surface area contributed by atoms with Crippen LogP contribution in [-0.4, -0.2) is 10.9 Å². The Balaban J connectivity index is 2.12. The third kappa shape index (κ3) is 5.50. The summed E-state index contributed by atoms with van der Waals surface area (Å²) in [5.74, 6) is 0.595. The molecule has 2 rings (SSSR count). The molecule has 0 aliphatic carbocycles. The molecule has 1 heteroatoms. The first kappa shape index (κ1) is 16.5. The van der Waals surface area contributed by atoms with E-state index in [0.29, 0.717) is 12.0 Å². The van der Waals surface area contributed by atoms with Crippen molar-refractivity contribution in [3.63, 3.8) is 0 Å². The van der Waals surface area contributed by atoms with E-state index in [-0.39, 0.29) is 0 Å². The molecule has 0 aromatic heterocycles. The molecule has 22 heavy (non-hydrogen) atoms. The zero-order valence-electron chi connectivity index (χ0n) is 13.9. The van der Waals surface area contributed by atoms with Crippen LogP contribution in [0.25, 0.3) is 0 Å². The highest BCUT2D eigenvalue weighted by atomic mass is 15.1. The molecule has 0 spiro atoms. The van der Waals surface area contributed by atoms with Crippen molar-refractivity contribution in [2.24, 2.45) is 5.92 Å².